The molecule has 1 aliphatic heterocycles. The number of rotatable bonds is 5. The van der Waals surface area contributed by atoms with Crippen LogP contribution < -0.4 is 0 Å². The Bertz CT molecular complexity index is 699. The molecule has 0 amide bonds. The van der Waals surface area contributed by atoms with Crippen molar-refractivity contribution in [2.24, 2.45) is 5.92 Å². The number of carbonyl (C=O) groups is 1. The molecule has 2 heterocycles. The molecule has 0 saturated carbocycles. The highest BCUT2D eigenvalue weighted by Gasteiger charge is 2.20. The number of pyridine rings is 1. The van der Waals surface area contributed by atoms with Crippen molar-refractivity contribution < 1.29 is 9.90 Å². The third-order valence-electron chi connectivity index (χ3n) is 4.73. The second kappa shape index (κ2) is 7.09. The lowest BCUT2D eigenvalue weighted by atomic mass is 9.93. The summed E-state index contributed by atoms with van der Waals surface area (Å²) in [6.07, 6.45) is 5.25. The molecule has 23 heavy (non-hydrogen) atoms. The van der Waals surface area contributed by atoms with Crippen molar-refractivity contribution in [1.82, 2.24) is 9.88 Å². The second-order valence-electron chi connectivity index (χ2n) is 6.66. The predicted octanol–water partition coefficient (Wildman–Crippen LogP) is 3.62. The van der Waals surface area contributed by atoms with Gasteiger partial charge in [-0.05, 0) is 61.9 Å². The van der Waals surface area contributed by atoms with Gasteiger partial charge in [0.05, 0.1) is 5.52 Å². The maximum atomic E-state index is 10.8. The van der Waals surface area contributed by atoms with E-state index in [0.717, 1.165) is 38.0 Å². The number of hydrogen-bond acceptors (Lipinski definition) is 3. The van der Waals surface area contributed by atoms with Gasteiger partial charge in [-0.25, -0.2) is 0 Å². The van der Waals surface area contributed by atoms with Crippen LogP contribution in [0.5, 0.6) is 0 Å². The molecule has 0 bridgehead atoms. The molecule has 0 spiro atoms. The van der Waals surface area contributed by atoms with E-state index in [1.807, 2.05) is 12.3 Å². The van der Waals surface area contributed by atoms with Gasteiger partial charge in [0.2, 0.25) is 0 Å². The first-order valence-corrected chi connectivity index (χ1v) is 8.40. The monoisotopic (exact) mass is 312 g/mol. The number of benzene rings is 1. The zero-order valence-electron chi connectivity index (χ0n) is 13.7. The zero-order chi connectivity index (χ0) is 16.2. The van der Waals surface area contributed by atoms with Crippen LogP contribution in [0.15, 0.2) is 30.5 Å². The van der Waals surface area contributed by atoms with Crippen molar-refractivity contribution >= 4 is 16.9 Å². The molecule has 0 aliphatic carbocycles. The van der Waals surface area contributed by atoms with Crippen LogP contribution in [0.3, 0.4) is 0 Å². The van der Waals surface area contributed by atoms with Gasteiger partial charge in [-0.15, -0.1) is 0 Å². The summed E-state index contributed by atoms with van der Waals surface area (Å²) in [6.45, 7) is 5.17. The number of piperidine rings is 1. The molecule has 122 valence electrons. The smallest absolute Gasteiger partial charge is 0.303 e. The minimum atomic E-state index is -0.681. The first kappa shape index (κ1) is 15.9. The lowest BCUT2D eigenvalue weighted by Crippen LogP contribution is -2.35. The first-order valence-electron chi connectivity index (χ1n) is 8.40. The molecule has 1 aromatic heterocycles. The van der Waals surface area contributed by atoms with Crippen LogP contribution >= 0.6 is 0 Å². The zero-order valence-corrected chi connectivity index (χ0v) is 13.7. The quantitative estimate of drug-likeness (QED) is 0.916. The molecule has 4 nitrogen and oxygen atoms in total. The van der Waals surface area contributed by atoms with Crippen molar-refractivity contribution in [2.75, 3.05) is 13.1 Å². The van der Waals surface area contributed by atoms with E-state index in [9.17, 15) is 4.79 Å². The molecule has 1 atom stereocenters. The molecule has 2 aromatic rings. The average Bonchev–Trinajstić information content (AvgIpc) is 2.53. The molecule has 1 aliphatic rings. The second-order valence-corrected chi connectivity index (χ2v) is 6.66. The van der Waals surface area contributed by atoms with Gasteiger partial charge in [-0.1, -0.05) is 12.1 Å². The average molecular weight is 312 g/mol. The number of likely N-dealkylation sites (tertiary alicyclic amines) is 1. The molecule has 1 fully saturated rings. The van der Waals surface area contributed by atoms with Gasteiger partial charge in [-0.3, -0.25) is 14.7 Å². The fraction of sp³-hybridized carbons (Fsp3) is 0.474. The molecule has 1 unspecified atom stereocenters. The largest absolute Gasteiger partial charge is 0.481 e. The van der Waals surface area contributed by atoms with Gasteiger partial charge in [0.1, 0.15) is 0 Å². The Morgan fingerprint density at radius 3 is 3.13 bits per heavy atom. The maximum absolute atomic E-state index is 10.8. The highest BCUT2D eigenvalue weighted by atomic mass is 16.4. The fourth-order valence-corrected chi connectivity index (χ4v) is 3.66. The lowest BCUT2D eigenvalue weighted by Gasteiger charge is -2.32. The van der Waals surface area contributed by atoms with Crippen LogP contribution in [0, 0.1) is 12.8 Å². The lowest BCUT2D eigenvalue weighted by molar-refractivity contribution is -0.137. The van der Waals surface area contributed by atoms with Crippen molar-refractivity contribution in [3.63, 3.8) is 0 Å². The standard InChI is InChI=1S/C19H24N2O2/c1-14-10-16(11-17-5-2-8-20-19(14)17)13-21-9-3-4-15(12-21)6-7-18(22)23/h2,5,8,10-11,15H,3-4,6-7,9,12-13H2,1H3,(H,22,23). The Hall–Kier alpha value is -1.94. The van der Waals surface area contributed by atoms with E-state index in [-0.39, 0.29) is 0 Å². The Morgan fingerprint density at radius 2 is 2.30 bits per heavy atom. The predicted molar refractivity (Wildman–Crippen MR) is 91.4 cm³/mol. The summed E-state index contributed by atoms with van der Waals surface area (Å²) in [4.78, 5) is 17.7. The van der Waals surface area contributed by atoms with Crippen molar-refractivity contribution in [3.05, 3.63) is 41.6 Å². The molecule has 1 aromatic carbocycles. The summed E-state index contributed by atoms with van der Waals surface area (Å²) >= 11 is 0. The van der Waals surface area contributed by atoms with Crippen molar-refractivity contribution in [2.45, 2.75) is 39.2 Å². The van der Waals surface area contributed by atoms with Crippen molar-refractivity contribution in [3.8, 4) is 0 Å². The van der Waals surface area contributed by atoms with E-state index in [2.05, 4.69) is 35.0 Å². The van der Waals surface area contributed by atoms with E-state index in [0.29, 0.717) is 12.3 Å². The molecule has 1 saturated heterocycles. The summed E-state index contributed by atoms with van der Waals surface area (Å²) in [5.41, 5.74) is 3.62. The molecule has 1 N–H and O–H groups in total. The minimum absolute atomic E-state index is 0.291. The van der Waals surface area contributed by atoms with Crippen LogP contribution in [0.1, 0.15) is 36.8 Å². The summed E-state index contributed by atoms with van der Waals surface area (Å²) in [5.74, 6) is -0.164. The van der Waals surface area contributed by atoms with Crippen LogP contribution in [-0.2, 0) is 11.3 Å². The third-order valence-corrected chi connectivity index (χ3v) is 4.73. The van der Waals surface area contributed by atoms with E-state index in [1.54, 1.807) is 0 Å². The normalized spacial score (nSPS) is 19.1. The van der Waals surface area contributed by atoms with E-state index in [4.69, 9.17) is 5.11 Å². The van der Waals surface area contributed by atoms with Crippen molar-refractivity contribution in [1.29, 1.82) is 0 Å². The Morgan fingerprint density at radius 1 is 1.43 bits per heavy atom. The number of carboxylic acids is 1. The van der Waals surface area contributed by atoms with E-state index < -0.39 is 5.97 Å². The molecular weight excluding hydrogens is 288 g/mol. The van der Waals surface area contributed by atoms with Crippen LogP contribution in [0.25, 0.3) is 10.9 Å². The molecule has 0 radical (unpaired) electrons. The minimum Gasteiger partial charge on any atom is -0.481 e. The van der Waals surface area contributed by atoms with Gasteiger partial charge >= 0.3 is 5.97 Å². The SMILES string of the molecule is Cc1cc(CN2CCCC(CCC(=O)O)C2)cc2cccnc12. The Labute approximate surface area is 137 Å². The number of fused-ring (bicyclic) bond motifs is 1. The fourth-order valence-electron chi connectivity index (χ4n) is 3.66. The number of carboxylic acid groups (broad SMARTS) is 1. The highest BCUT2D eigenvalue weighted by Crippen LogP contribution is 2.24. The number of hydrogen-bond donors (Lipinski definition) is 1. The van der Waals surface area contributed by atoms with Gasteiger partial charge in [0.15, 0.2) is 0 Å². The van der Waals surface area contributed by atoms with Gasteiger partial charge in [-0.2, -0.15) is 0 Å². The van der Waals surface area contributed by atoms with E-state index in [1.165, 1.54) is 22.9 Å². The summed E-state index contributed by atoms with van der Waals surface area (Å²) in [5, 5.41) is 10.1. The molecule has 4 heteroatoms. The first-order chi connectivity index (χ1) is 11.1. The summed E-state index contributed by atoms with van der Waals surface area (Å²) < 4.78 is 0. The van der Waals surface area contributed by atoms with Gasteiger partial charge in [0.25, 0.3) is 0 Å². The van der Waals surface area contributed by atoms with Crippen LogP contribution in [0.4, 0.5) is 0 Å². The third kappa shape index (κ3) is 4.08. The van der Waals surface area contributed by atoms with Crippen LogP contribution in [-0.4, -0.2) is 34.0 Å². The maximum Gasteiger partial charge on any atom is 0.303 e. The van der Waals surface area contributed by atoms with Gasteiger partial charge in [0, 0.05) is 31.1 Å². The number of aromatic nitrogens is 1. The highest BCUT2D eigenvalue weighted by molar-refractivity contribution is 5.82. The molecule has 3 rings (SSSR count). The number of aliphatic carboxylic acids is 1. The topological polar surface area (TPSA) is 53.4 Å². The summed E-state index contributed by atoms with van der Waals surface area (Å²) in [7, 11) is 0. The van der Waals surface area contributed by atoms with E-state index >= 15 is 0 Å². The Balaban J connectivity index is 1.68. The van der Waals surface area contributed by atoms with Gasteiger partial charge < -0.3 is 5.11 Å². The number of nitrogens with zero attached hydrogens (tertiary/aromatic N) is 2. The Kier molecular flexibility index (Phi) is 4.91. The summed E-state index contributed by atoms with van der Waals surface area (Å²) in [6, 6.07) is 8.56. The number of aryl methyl sites for hydroxylation is 1. The molecular formula is C19H24N2O2. The van der Waals surface area contributed by atoms with Crippen LogP contribution in [0.2, 0.25) is 0 Å².